The molecule has 2 rings (SSSR count). The van der Waals surface area contributed by atoms with Crippen LogP contribution in [0.3, 0.4) is 0 Å². The summed E-state index contributed by atoms with van der Waals surface area (Å²) < 4.78 is 0. The largest absolute Gasteiger partial charge is 0.367 e. The first-order chi connectivity index (χ1) is 7.25. The normalized spacial score (nSPS) is 19.1. The minimum atomic E-state index is 0.557. The third kappa shape index (κ3) is 2.71. The number of nitrogens with zero attached hydrogens (tertiary/aromatic N) is 1. The molecule has 1 fully saturated rings. The fraction of sp³-hybridized carbons (Fsp3) is 0.615. The summed E-state index contributed by atoms with van der Waals surface area (Å²) in [4.78, 5) is 4.34. The topological polar surface area (TPSA) is 24.9 Å². The van der Waals surface area contributed by atoms with Crippen LogP contribution in [0.15, 0.2) is 18.3 Å². The van der Waals surface area contributed by atoms with Gasteiger partial charge in [-0.25, -0.2) is 4.98 Å². The predicted octanol–water partition coefficient (Wildman–Crippen LogP) is 3.38. The van der Waals surface area contributed by atoms with Gasteiger partial charge < -0.3 is 5.32 Å². The highest BCUT2D eigenvalue weighted by Crippen LogP contribution is 2.28. The maximum atomic E-state index is 4.34. The van der Waals surface area contributed by atoms with Gasteiger partial charge in [0, 0.05) is 12.2 Å². The highest BCUT2D eigenvalue weighted by Gasteiger charge is 2.21. The van der Waals surface area contributed by atoms with E-state index in [0.717, 1.165) is 11.7 Å². The molecule has 15 heavy (non-hydrogen) atoms. The highest BCUT2D eigenvalue weighted by molar-refractivity contribution is 5.38. The summed E-state index contributed by atoms with van der Waals surface area (Å²) in [6, 6.07) is 4.71. The molecule has 1 aliphatic rings. The van der Waals surface area contributed by atoms with Gasteiger partial charge in [0.05, 0.1) is 0 Å². The van der Waals surface area contributed by atoms with Crippen LogP contribution < -0.4 is 5.32 Å². The molecule has 1 unspecified atom stereocenters. The number of hydrogen-bond donors (Lipinski definition) is 1. The lowest BCUT2D eigenvalue weighted by atomic mass is 10.00. The lowest BCUT2D eigenvalue weighted by Gasteiger charge is -2.20. The van der Waals surface area contributed by atoms with E-state index < -0.39 is 0 Å². The average Bonchev–Trinajstić information content (AvgIpc) is 2.70. The minimum absolute atomic E-state index is 0.557. The van der Waals surface area contributed by atoms with E-state index in [1.54, 1.807) is 0 Å². The van der Waals surface area contributed by atoms with Crippen LogP contribution >= 0.6 is 0 Å². The van der Waals surface area contributed by atoms with Crippen molar-refractivity contribution in [2.24, 2.45) is 5.92 Å². The zero-order chi connectivity index (χ0) is 10.7. The Morgan fingerprint density at radius 2 is 2.13 bits per heavy atom. The predicted molar refractivity (Wildman–Crippen MR) is 64.0 cm³/mol. The van der Waals surface area contributed by atoms with Crippen molar-refractivity contribution in [1.29, 1.82) is 0 Å². The van der Waals surface area contributed by atoms with Crippen molar-refractivity contribution < 1.29 is 0 Å². The number of aromatic nitrogens is 1. The zero-order valence-corrected chi connectivity index (χ0v) is 9.66. The van der Waals surface area contributed by atoms with Crippen molar-refractivity contribution in [3.05, 3.63) is 23.9 Å². The van der Waals surface area contributed by atoms with E-state index in [1.165, 1.54) is 31.2 Å². The number of anilines is 1. The molecule has 1 saturated carbocycles. The lowest BCUT2D eigenvalue weighted by molar-refractivity contribution is 0.481. The van der Waals surface area contributed by atoms with Crippen LogP contribution in [0.2, 0.25) is 0 Å². The molecule has 1 N–H and O–H groups in total. The molecule has 1 atom stereocenters. The van der Waals surface area contributed by atoms with Crippen LogP contribution in [-0.4, -0.2) is 11.0 Å². The van der Waals surface area contributed by atoms with Crippen molar-refractivity contribution in [1.82, 2.24) is 4.98 Å². The van der Waals surface area contributed by atoms with Crippen molar-refractivity contribution in [2.75, 3.05) is 5.32 Å². The second-order valence-electron chi connectivity index (χ2n) is 4.70. The number of pyridine rings is 1. The number of nitrogens with one attached hydrogen (secondary N) is 1. The first-order valence-corrected chi connectivity index (χ1v) is 5.95. The molecule has 0 radical (unpaired) electrons. The summed E-state index contributed by atoms with van der Waals surface area (Å²) in [7, 11) is 0. The van der Waals surface area contributed by atoms with Gasteiger partial charge in [0.25, 0.3) is 0 Å². The molecule has 1 aliphatic carbocycles. The second kappa shape index (κ2) is 4.65. The monoisotopic (exact) mass is 204 g/mol. The van der Waals surface area contributed by atoms with Gasteiger partial charge in [-0.15, -0.1) is 0 Å². The van der Waals surface area contributed by atoms with E-state index >= 15 is 0 Å². The molecule has 1 heterocycles. The van der Waals surface area contributed by atoms with Crippen molar-refractivity contribution >= 4 is 5.82 Å². The average molecular weight is 204 g/mol. The van der Waals surface area contributed by atoms with Crippen LogP contribution in [-0.2, 0) is 0 Å². The summed E-state index contributed by atoms with van der Waals surface area (Å²) in [5.41, 5.74) is 1.27. The third-order valence-electron chi connectivity index (χ3n) is 3.40. The molecule has 0 amide bonds. The van der Waals surface area contributed by atoms with Gasteiger partial charge in [0.15, 0.2) is 0 Å². The number of rotatable bonds is 3. The molecule has 1 aromatic rings. The summed E-state index contributed by atoms with van der Waals surface area (Å²) in [6.07, 6.45) is 7.43. The quantitative estimate of drug-likeness (QED) is 0.816. The maximum Gasteiger partial charge on any atom is 0.126 e. The maximum absolute atomic E-state index is 4.34. The first kappa shape index (κ1) is 10.5. The van der Waals surface area contributed by atoms with Gasteiger partial charge in [-0.1, -0.05) is 12.8 Å². The summed E-state index contributed by atoms with van der Waals surface area (Å²) in [5.74, 6) is 1.86. The number of hydrogen-bond acceptors (Lipinski definition) is 2. The van der Waals surface area contributed by atoms with Gasteiger partial charge in [0.2, 0.25) is 0 Å². The van der Waals surface area contributed by atoms with Crippen LogP contribution in [0.4, 0.5) is 5.82 Å². The minimum Gasteiger partial charge on any atom is -0.367 e. The lowest BCUT2D eigenvalue weighted by Crippen LogP contribution is -2.24. The van der Waals surface area contributed by atoms with Crippen molar-refractivity contribution in [3.8, 4) is 0 Å². The Bertz CT molecular complexity index is 316. The van der Waals surface area contributed by atoms with E-state index in [0.29, 0.717) is 6.04 Å². The van der Waals surface area contributed by atoms with Gasteiger partial charge in [-0.2, -0.15) is 0 Å². The standard InChI is InChI=1S/C13H20N2/c1-10-7-8-14-13(9-10)15-11(2)12-5-3-4-6-12/h7-9,11-12H,3-6H2,1-2H3,(H,14,15). The SMILES string of the molecule is Cc1ccnc(NC(C)C2CCCC2)c1. The van der Waals surface area contributed by atoms with Crippen LogP contribution in [0.25, 0.3) is 0 Å². The fourth-order valence-electron chi connectivity index (χ4n) is 2.42. The van der Waals surface area contributed by atoms with Gasteiger partial charge in [0.1, 0.15) is 5.82 Å². The molecule has 2 heteroatoms. The Kier molecular flexibility index (Phi) is 3.24. The van der Waals surface area contributed by atoms with Crippen molar-refractivity contribution in [2.45, 2.75) is 45.6 Å². The Morgan fingerprint density at radius 1 is 1.40 bits per heavy atom. The smallest absolute Gasteiger partial charge is 0.126 e. The van der Waals surface area contributed by atoms with Crippen LogP contribution in [0.1, 0.15) is 38.2 Å². The molecular formula is C13H20N2. The first-order valence-electron chi connectivity index (χ1n) is 5.95. The molecule has 0 bridgehead atoms. The molecule has 0 spiro atoms. The Labute approximate surface area is 92.1 Å². The molecule has 2 nitrogen and oxygen atoms in total. The fourth-order valence-corrected chi connectivity index (χ4v) is 2.42. The molecule has 82 valence electrons. The summed E-state index contributed by atoms with van der Waals surface area (Å²) in [5, 5.41) is 3.51. The van der Waals surface area contributed by atoms with Gasteiger partial charge >= 0.3 is 0 Å². The van der Waals surface area contributed by atoms with E-state index in [4.69, 9.17) is 0 Å². The Balaban J connectivity index is 1.95. The Morgan fingerprint density at radius 3 is 2.80 bits per heavy atom. The van der Waals surface area contributed by atoms with Crippen LogP contribution in [0, 0.1) is 12.8 Å². The van der Waals surface area contributed by atoms with E-state index in [-0.39, 0.29) is 0 Å². The molecular weight excluding hydrogens is 184 g/mol. The van der Waals surface area contributed by atoms with E-state index in [2.05, 4.69) is 30.2 Å². The van der Waals surface area contributed by atoms with Gasteiger partial charge in [-0.3, -0.25) is 0 Å². The summed E-state index contributed by atoms with van der Waals surface area (Å²) in [6.45, 7) is 4.38. The third-order valence-corrected chi connectivity index (χ3v) is 3.40. The van der Waals surface area contributed by atoms with Gasteiger partial charge in [-0.05, 0) is 50.3 Å². The van der Waals surface area contributed by atoms with Crippen molar-refractivity contribution in [3.63, 3.8) is 0 Å². The molecule has 0 saturated heterocycles. The van der Waals surface area contributed by atoms with E-state index in [9.17, 15) is 0 Å². The molecule has 0 aromatic carbocycles. The Hall–Kier alpha value is -1.05. The highest BCUT2D eigenvalue weighted by atomic mass is 15.0. The second-order valence-corrected chi connectivity index (χ2v) is 4.70. The zero-order valence-electron chi connectivity index (χ0n) is 9.66. The molecule has 1 aromatic heterocycles. The molecule has 0 aliphatic heterocycles. The van der Waals surface area contributed by atoms with E-state index in [1.807, 2.05) is 12.3 Å². The van der Waals surface area contributed by atoms with Crippen LogP contribution in [0.5, 0.6) is 0 Å². The summed E-state index contributed by atoms with van der Waals surface area (Å²) >= 11 is 0. The number of aryl methyl sites for hydroxylation is 1.